The second kappa shape index (κ2) is 9.49. The predicted octanol–water partition coefficient (Wildman–Crippen LogP) is 2.67. The Morgan fingerprint density at radius 3 is 2.40 bits per heavy atom. The summed E-state index contributed by atoms with van der Waals surface area (Å²) in [6.45, 7) is 2.29. The van der Waals surface area contributed by atoms with E-state index >= 15 is 0 Å². The van der Waals surface area contributed by atoms with E-state index in [0.29, 0.717) is 26.2 Å². The summed E-state index contributed by atoms with van der Waals surface area (Å²) in [7, 11) is 1.61. The normalized spacial score (nSPS) is 23.4. The summed E-state index contributed by atoms with van der Waals surface area (Å²) in [6.07, 6.45) is 0.255. The number of carbonyl (C=O) groups is 2. The zero-order chi connectivity index (χ0) is 20.4. The summed E-state index contributed by atoms with van der Waals surface area (Å²) in [5, 5.41) is 0. The quantitative estimate of drug-likeness (QED) is 0.792. The van der Waals surface area contributed by atoms with E-state index in [1.165, 1.54) is 5.56 Å². The molecule has 2 fully saturated rings. The summed E-state index contributed by atoms with van der Waals surface area (Å²) >= 11 is 0. The molecule has 30 heavy (non-hydrogen) atoms. The highest BCUT2D eigenvalue weighted by Crippen LogP contribution is 2.34. The molecule has 2 aromatic rings. The van der Waals surface area contributed by atoms with Gasteiger partial charge in [-0.25, -0.2) is 0 Å². The Morgan fingerprint density at radius 2 is 1.77 bits per heavy atom. The van der Waals surface area contributed by atoms with E-state index in [9.17, 15) is 9.59 Å². The molecule has 160 valence electrons. The van der Waals surface area contributed by atoms with E-state index in [0.717, 1.165) is 11.4 Å². The average Bonchev–Trinajstić information content (AvgIpc) is 3.38. The topological polar surface area (TPSA) is 75.9 Å². The molecule has 0 saturated carbocycles. The van der Waals surface area contributed by atoms with Crippen LogP contribution in [0, 0.1) is 11.8 Å². The Labute approximate surface area is 183 Å². The SMILES string of the molecule is COc1ccc(N2CC(C(=O)N3C[C@@H](CN)[C@H](c4ccccc4)C3)CC2=O)cc1.Cl. The van der Waals surface area contributed by atoms with Crippen LogP contribution >= 0.6 is 12.4 Å². The molecule has 0 aromatic heterocycles. The number of amides is 2. The van der Waals surface area contributed by atoms with Gasteiger partial charge >= 0.3 is 0 Å². The number of nitrogens with two attached hydrogens (primary N) is 1. The number of halogens is 1. The van der Waals surface area contributed by atoms with Gasteiger partial charge in [0.05, 0.1) is 13.0 Å². The highest BCUT2D eigenvalue weighted by atomic mass is 35.5. The molecule has 2 aliphatic heterocycles. The third-order valence-corrected chi connectivity index (χ3v) is 6.14. The Morgan fingerprint density at radius 1 is 1.07 bits per heavy atom. The Hall–Kier alpha value is -2.57. The monoisotopic (exact) mass is 429 g/mol. The molecule has 2 amide bonds. The first kappa shape index (κ1) is 22.1. The molecule has 6 nitrogen and oxygen atoms in total. The highest BCUT2D eigenvalue weighted by Gasteiger charge is 2.41. The zero-order valence-corrected chi connectivity index (χ0v) is 17.9. The number of methoxy groups -OCH3 is 1. The number of nitrogens with zero attached hydrogens (tertiary/aromatic N) is 2. The molecule has 2 heterocycles. The molecule has 2 aromatic carbocycles. The standard InChI is InChI=1S/C23H27N3O3.ClH/c1-29-20-9-7-19(8-10-20)26-14-17(11-22(26)27)23(28)25-13-18(12-24)21(15-25)16-5-3-2-4-6-16;/h2-10,17-18,21H,11-15,24H2,1H3;1H/t17?,18-,21+;/m1./s1. The van der Waals surface area contributed by atoms with Crippen LogP contribution in [-0.4, -0.2) is 50.0 Å². The fraction of sp³-hybridized carbons (Fsp3) is 0.391. The van der Waals surface area contributed by atoms with Crippen molar-refractivity contribution in [2.75, 3.05) is 38.2 Å². The van der Waals surface area contributed by atoms with Crippen molar-refractivity contribution in [3.8, 4) is 5.75 Å². The maximum absolute atomic E-state index is 13.2. The second-order valence-electron chi connectivity index (χ2n) is 7.86. The number of anilines is 1. The third-order valence-electron chi connectivity index (χ3n) is 6.14. The smallest absolute Gasteiger partial charge is 0.228 e. The van der Waals surface area contributed by atoms with Gasteiger partial charge in [-0.15, -0.1) is 12.4 Å². The van der Waals surface area contributed by atoms with Gasteiger partial charge in [-0.1, -0.05) is 30.3 Å². The number of carbonyl (C=O) groups excluding carboxylic acids is 2. The van der Waals surface area contributed by atoms with Crippen LogP contribution in [-0.2, 0) is 9.59 Å². The van der Waals surface area contributed by atoms with E-state index in [1.807, 2.05) is 47.4 Å². The third kappa shape index (κ3) is 4.30. The van der Waals surface area contributed by atoms with Crippen LogP contribution in [0.2, 0.25) is 0 Å². The average molecular weight is 430 g/mol. The van der Waals surface area contributed by atoms with Crippen molar-refractivity contribution in [2.45, 2.75) is 12.3 Å². The lowest BCUT2D eigenvalue weighted by atomic mass is 9.89. The minimum absolute atomic E-state index is 0. The van der Waals surface area contributed by atoms with Crippen LogP contribution < -0.4 is 15.4 Å². The molecular formula is C23H28ClN3O3. The summed E-state index contributed by atoms with van der Waals surface area (Å²) in [6, 6.07) is 17.6. The van der Waals surface area contributed by atoms with Gasteiger partial charge in [-0.05, 0) is 42.3 Å². The Balaban J connectivity index is 0.00000256. The number of ether oxygens (including phenoxy) is 1. The lowest BCUT2D eigenvalue weighted by Gasteiger charge is -2.21. The van der Waals surface area contributed by atoms with Crippen molar-refractivity contribution < 1.29 is 14.3 Å². The molecule has 3 atom stereocenters. The van der Waals surface area contributed by atoms with Crippen LogP contribution in [0.1, 0.15) is 17.9 Å². The molecule has 2 saturated heterocycles. The summed E-state index contributed by atoms with van der Waals surface area (Å²) in [4.78, 5) is 29.4. The molecule has 4 rings (SSSR count). The van der Waals surface area contributed by atoms with Crippen molar-refractivity contribution in [1.82, 2.24) is 4.90 Å². The molecule has 1 unspecified atom stereocenters. The largest absolute Gasteiger partial charge is 0.497 e. The fourth-order valence-electron chi connectivity index (χ4n) is 4.51. The van der Waals surface area contributed by atoms with Crippen molar-refractivity contribution in [1.29, 1.82) is 0 Å². The lowest BCUT2D eigenvalue weighted by molar-refractivity contribution is -0.134. The molecule has 0 bridgehead atoms. The summed E-state index contributed by atoms with van der Waals surface area (Å²) in [5.41, 5.74) is 8.03. The summed E-state index contributed by atoms with van der Waals surface area (Å²) in [5.74, 6) is 0.979. The Bertz CT molecular complexity index is 875. The van der Waals surface area contributed by atoms with E-state index in [2.05, 4.69) is 12.1 Å². The summed E-state index contributed by atoms with van der Waals surface area (Å²) < 4.78 is 5.18. The second-order valence-corrected chi connectivity index (χ2v) is 7.86. The zero-order valence-electron chi connectivity index (χ0n) is 17.1. The number of hydrogen-bond acceptors (Lipinski definition) is 4. The fourth-order valence-corrected chi connectivity index (χ4v) is 4.51. The van der Waals surface area contributed by atoms with E-state index in [-0.39, 0.29) is 48.4 Å². The van der Waals surface area contributed by atoms with Gasteiger partial charge in [0.1, 0.15) is 5.75 Å². The molecule has 0 aliphatic carbocycles. The number of rotatable bonds is 5. The van der Waals surface area contributed by atoms with Gasteiger partial charge in [0, 0.05) is 37.7 Å². The van der Waals surface area contributed by atoms with Crippen LogP contribution in [0.3, 0.4) is 0 Å². The minimum Gasteiger partial charge on any atom is -0.497 e. The van der Waals surface area contributed by atoms with Crippen molar-refractivity contribution >= 4 is 29.9 Å². The first-order valence-corrected chi connectivity index (χ1v) is 10.1. The maximum atomic E-state index is 13.2. The minimum atomic E-state index is -0.308. The van der Waals surface area contributed by atoms with E-state index in [4.69, 9.17) is 10.5 Å². The molecule has 0 spiro atoms. The highest BCUT2D eigenvalue weighted by molar-refractivity contribution is 6.00. The van der Waals surface area contributed by atoms with Gasteiger partial charge in [-0.3, -0.25) is 9.59 Å². The predicted molar refractivity (Wildman–Crippen MR) is 119 cm³/mol. The van der Waals surface area contributed by atoms with Crippen molar-refractivity contribution in [3.63, 3.8) is 0 Å². The van der Waals surface area contributed by atoms with Gasteiger partial charge < -0.3 is 20.3 Å². The number of hydrogen-bond donors (Lipinski definition) is 1. The maximum Gasteiger partial charge on any atom is 0.228 e. The molecule has 2 N–H and O–H groups in total. The lowest BCUT2D eigenvalue weighted by Crippen LogP contribution is -2.36. The van der Waals surface area contributed by atoms with E-state index in [1.54, 1.807) is 12.0 Å². The van der Waals surface area contributed by atoms with Gasteiger partial charge in [0.15, 0.2) is 0 Å². The van der Waals surface area contributed by atoms with Gasteiger partial charge in [0.2, 0.25) is 11.8 Å². The number of likely N-dealkylation sites (tertiary alicyclic amines) is 1. The van der Waals surface area contributed by atoms with Crippen LogP contribution in [0.5, 0.6) is 5.75 Å². The van der Waals surface area contributed by atoms with Crippen molar-refractivity contribution in [2.24, 2.45) is 17.6 Å². The van der Waals surface area contributed by atoms with Gasteiger partial charge in [-0.2, -0.15) is 0 Å². The first-order valence-electron chi connectivity index (χ1n) is 10.1. The molecule has 7 heteroatoms. The number of benzene rings is 2. The Kier molecular flexibility index (Phi) is 7.00. The first-order chi connectivity index (χ1) is 14.1. The molecular weight excluding hydrogens is 402 g/mol. The molecule has 0 radical (unpaired) electrons. The van der Waals surface area contributed by atoms with E-state index < -0.39 is 0 Å². The van der Waals surface area contributed by atoms with Crippen LogP contribution in [0.25, 0.3) is 0 Å². The van der Waals surface area contributed by atoms with Crippen molar-refractivity contribution in [3.05, 3.63) is 60.2 Å². The van der Waals surface area contributed by atoms with Crippen LogP contribution in [0.4, 0.5) is 5.69 Å². The molecule has 2 aliphatic rings. The van der Waals surface area contributed by atoms with Gasteiger partial charge in [0.25, 0.3) is 0 Å². The van der Waals surface area contributed by atoms with Crippen LogP contribution in [0.15, 0.2) is 54.6 Å².